The van der Waals surface area contributed by atoms with Crippen molar-refractivity contribution in [2.45, 2.75) is 6.54 Å². The van der Waals surface area contributed by atoms with Crippen LogP contribution in [0.4, 0.5) is 0 Å². The second-order valence-electron chi connectivity index (χ2n) is 3.18. The Morgan fingerprint density at radius 2 is 1.93 bits per heavy atom. The van der Waals surface area contributed by atoms with Crippen LogP contribution in [0.5, 0.6) is 0 Å². The molecule has 1 amide bonds. The summed E-state index contributed by atoms with van der Waals surface area (Å²) in [5.74, 6) is -0.133. The average Bonchev–Trinajstić information content (AvgIpc) is 2.14. The molecule has 0 bridgehead atoms. The predicted octanol–water partition coefficient (Wildman–Crippen LogP) is 3.14. The molecule has 0 aliphatic rings. The summed E-state index contributed by atoms with van der Waals surface area (Å²) in [6, 6.07) is 5.21. The van der Waals surface area contributed by atoms with E-state index < -0.39 is 0 Å². The molecule has 0 saturated heterocycles. The third-order valence-corrected chi connectivity index (χ3v) is 2.33. The van der Waals surface area contributed by atoms with E-state index in [0.717, 1.165) is 5.56 Å². The molecule has 4 heteroatoms. The number of benzene rings is 1. The summed E-state index contributed by atoms with van der Waals surface area (Å²) in [7, 11) is 1.69. The van der Waals surface area contributed by atoms with E-state index in [2.05, 4.69) is 6.58 Å². The van der Waals surface area contributed by atoms with Gasteiger partial charge in [0.25, 0.3) is 0 Å². The van der Waals surface area contributed by atoms with Crippen LogP contribution in [-0.4, -0.2) is 17.9 Å². The molecule has 0 N–H and O–H groups in total. The van der Waals surface area contributed by atoms with Crippen molar-refractivity contribution in [1.82, 2.24) is 4.90 Å². The molecule has 0 aromatic heterocycles. The fourth-order valence-corrected chi connectivity index (χ4v) is 1.78. The Hall–Kier alpha value is -0.990. The molecule has 0 aliphatic carbocycles. The maximum Gasteiger partial charge on any atom is 0.245 e. The molecule has 0 unspecified atom stereocenters. The minimum absolute atomic E-state index is 0.133. The van der Waals surface area contributed by atoms with Crippen molar-refractivity contribution in [1.29, 1.82) is 0 Å². The van der Waals surface area contributed by atoms with Crippen LogP contribution in [0.2, 0.25) is 10.0 Å². The first kappa shape index (κ1) is 12.1. The first-order valence-electron chi connectivity index (χ1n) is 4.35. The molecule has 0 radical (unpaired) electrons. The van der Waals surface area contributed by atoms with Crippen molar-refractivity contribution in [2.24, 2.45) is 0 Å². The van der Waals surface area contributed by atoms with Crippen LogP contribution in [0.1, 0.15) is 5.56 Å². The highest BCUT2D eigenvalue weighted by Crippen LogP contribution is 2.19. The first-order valence-corrected chi connectivity index (χ1v) is 5.11. The van der Waals surface area contributed by atoms with Gasteiger partial charge < -0.3 is 4.90 Å². The van der Waals surface area contributed by atoms with Crippen molar-refractivity contribution in [2.75, 3.05) is 7.05 Å². The quantitative estimate of drug-likeness (QED) is 0.748. The number of hydrogen-bond acceptors (Lipinski definition) is 1. The van der Waals surface area contributed by atoms with Crippen LogP contribution in [0.15, 0.2) is 30.9 Å². The van der Waals surface area contributed by atoms with Gasteiger partial charge in [0.2, 0.25) is 5.91 Å². The summed E-state index contributed by atoms with van der Waals surface area (Å²) in [4.78, 5) is 12.8. The zero-order chi connectivity index (χ0) is 11.4. The number of carbonyl (C=O) groups is 1. The molecule has 1 aromatic carbocycles. The third-order valence-electron chi connectivity index (χ3n) is 1.89. The van der Waals surface area contributed by atoms with Crippen molar-refractivity contribution >= 4 is 29.1 Å². The molecule has 0 aliphatic heterocycles. The molecule has 1 aromatic rings. The summed E-state index contributed by atoms with van der Waals surface area (Å²) < 4.78 is 0. The van der Waals surface area contributed by atoms with Crippen LogP contribution in [-0.2, 0) is 11.3 Å². The summed E-state index contributed by atoms with van der Waals surface area (Å²) >= 11 is 11.7. The van der Waals surface area contributed by atoms with Gasteiger partial charge in [-0.25, -0.2) is 0 Å². The van der Waals surface area contributed by atoms with E-state index in [-0.39, 0.29) is 5.91 Å². The Labute approximate surface area is 99.1 Å². The van der Waals surface area contributed by atoms with Gasteiger partial charge in [-0.1, -0.05) is 29.8 Å². The van der Waals surface area contributed by atoms with Crippen LogP contribution < -0.4 is 0 Å². The lowest BCUT2D eigenvalue weighted by atomic mass is 10.2. The van der Waals surface area contributed by atoms with Crippen molar-refractivity contribution in [3.05, 3.63) is 46.5 Å². The Kier molecular flexibility index (Phi) is 4.18. The smallest absolute Gasteiger partial charge is 0.245 e. The predicted molar refractivity (Wildman–Crippen MR) is 63.1 cm³/mol. The van der Waals surface area contributed by atoms with E-state index in [1.165, 1.54) is 11.0 Å². The molecule has 0 spiro atoms. The summed E-state index contributed by atoms with van der Waals surface area (Å²) in [6.45, 7) is 3.88. The molecule has 0 atom stereocenters. The number of rotatable bonds is 3. The molecular formula is C11H11Cl2NO. The minimum atomic E-state index is -0.133. The van der Waals surface area contributed by atoms with E-state index in [4.69, 9.17) is 23.2 Å². The largest absolute Gasteiger partial charge is 0.338 e. The fraction of sp³-hybridized carbons (Fsp3) is 0.182. The van der Waals surface area contributed by atoms with Gasteiger partial charge in [-0.3, -0.25) is 4.79 Å². The SMILES string of the molecule is C=CC(=O)N(C)Cc1cc(Cl)cc(Cl)c1. The van der Waals surface area contributed by atoms with Crippen LogP contribution in [0, 0.1) is 0 Å². The van der Waals surface area contributed by atoms with Gasteiger partial charge in [0.05, 0.1) is 0 Å². The van der Waals surface area contributed by atoms with Crippen LogP contribution in [0.25, 0.3) is 0 Å². The number of amides is 1. The van der Waals surface area contributed by atoms with Gasteiger partial charge in [0.15, 0.2) is 0 Å². The maximum absolute atomic E-state index is 11.2. The number of likely N-dealkylation sites (N-methyl/N-ethyl adjacent to an activating group) is 1. The number of hydrogen-bond donors (Lipinski definition) is 0. The van der Waals surface area contributed by atoms with Gasteiger partial charge >= 0.3 is 0 Å². The molecule has 2 nitrogen and oxygen atoms in total. The molecule has 80 valence electrons. The van der Waals surface area contributed by atoms with Gasteiger partial charge in [0, 0.05) is 23.6 Å². The Balaban J connectivity index is 2.80. The zero-order valence-electron chi connectivity index (χ0n) is 8.34. The lowest BCUT2D eigenvalue weighted by Gasteiger charge is -2.15. The first-order chi connectivity index (χ1) is 7.02. The highest BCUT2D eigenvalue weighted by Gasteiger charge is 2.06. The standard InChI is InChI=1S/C11H11Cl2NO/c1-3-11(15)14(2)7-8-4-9(12)6-10(13)5-8/h3-6H,1,7H2,2H3. The summed E-state index contributed by atoms with van der Waals surface area (Å²) in [6.07, 6.45) is 1.27. The third kappa shape index (κ3) is 3.57. The average molecular weight is 244 g/mol. The second kappa shape index (κ2) is 5.19. The monoisotopic (exact) mass is 243 g/mol. The normalized spacial score (nSPS) is 9.80. The van der Waals surface area contributed by atoms with Crippen molar-refractivity contribution in [3.8, 4) is 0 Å². The topological polar surface area (TPSA) is 20.3 Å². The van der Waals surface area contributed by atoms with Crippen LogP contribution in [0.3, 0.4) is 0 Å². The van der Waals surface area contributed by atoms with Gasteiger partial charge in [0.1, 0.15) is 0 Å². The van der Waals surface area contributed by atoms with Gasteiger partial charge in [-0.15, -0.1) is 0 Å². The lowest BCUT2D eigenvalue weighted by Crippen LogP contribution is -2.23. The van der Waals surface area contributed by atoms with E-state index >= 15 is 0 Å². The van der Waals surface area contributed by atoms with Crippen molar-refractivity contribution in [3.63, 3.8) is 0 Å². The van der Waals surface area contributed by atoms with Gasteiger partial charge in [-0.2, -0.15) is 0 Å². The number of halogens is 2. The van der Waals surface area contributed by atoms with Crippen LogP contribution >= 0.6 is 23.2 Å². The maximum atomic E-state index is 11.2. The fourth-order valence-electron chi connectivity index (χ4n) is 1.21. The Bertz CT molecular complexity index is 370. The molecule has 0 heterocycles. The summed E-state index contributed by atoms with van der Waals surface area (Å²) in [5.41, 5.74) is 0.894. The summed E-state index contributed by atoms with van der Waals surface area (Å²) in [5, 5.41) is 1.13. The lowest BCUT2D eigenvalue weighted by molar-refractivity contribution is -0.125. The van der Waals surface area contributed by atoms with E-state index in [0.29, 0.717) is 16.6 Å². The molecule has 0 fully saturated rings. The highest BCUT2D eigenvalue weighted by atomic mass is 35.5. The Morgan fingerprint density at radius 3 is 2.40 bits per heavy atom. The van der Waals surface area contributed by atoms with E-state index in [9.17, 15) is 4.79 Å². The van der Waals surface area contributed by atoms with E-state index in [1.807, 2.05) is 0 Å². The van der Waals surface area contributed by atoms with Crippen molar-refractivity contribution < 1.29 is 4.79 Å². The second-order valence-corrected chi connectivity index (χ2v) is 4.05. The Morgan fingerprint density at radius 1 is 1.40 bits per heavy atom. The molecule has 0 saturated carbocycles. The van der Waals surface area contributed by atoms with E-state index in [1.54, 1.807) is 25.2 Å². The molecular weight excluding hydrogens is 233 g/mol. The molecule has 1 rings (SSSR count). The zero-order valence-corrected chi connectivity index (χ0v) is 9.85. The number of carbonyl (C=O) groups excluding carboxylic acids is 1. The molecule has 15 heavy (non-hydrogen) atoms. The number of nitrogens with zero attached hydrogens (tertiary/aromatic N) is 1. The minimum Gasteiger partial charge on any atom is -0.338 e. The highest BCUT2D eigenvalue weighted by molar-refractivity contribution is 6.34. The van der Waals surface area contributed by atoms with Gasteiger partial charge in [-0.05, 0) is 29.8 Å².